The van der Waals surface area contributed by atoms with Gasteiger partial charge in [0.15, 0.2) is 0 Å². The van der Waals surface area contributed by atoms with Crippen LogP contribution in [-0.4, -0.2) is 33.9 Å². The van der Waals surface area contributed by atoms with E-state index in [-0.39, 0.29) is 17.4 Å². The lowest BCUT2D eigenvalue weighted by Gasteiger charge is -2.07. The van der Waals surface area contributed by atoms with Gasteiger partial charge in [-0.2, -0.15) is 0 Å². The topological polar surface area (TPSA) is 99.1 Å². The number of aliphatic hydroxyl groups excluding tert-OH is 1. The lowest BCUT2D eigenvalue weighted by atomic mass is 10.0. The monoisotopic (exact) mass is 349 g/mol. The minimum atomic E-state index is -0.376. The van der Waals surface area contributed by atoms with Crippen molar-refractivity contribution in [3.63, 3.8) is 0 Å². The summed E-state index contributed by atoms with van der Waals surface area (Å²) in [5.41, 5.74) is 5.31. The van der Waals surface area contributed by atoms with E-state index >= 15 is 0 Å². The Morgan fingerprint density at radius 3 is 2.46 bits per heavy atom. The normalized spacial score (nSPS) is 12.0. The van der Waals surface area contributed by atoms with Crippen LogP contribution >= 0.6 is 0 Å². The summed E-state index contributed by atoms with van der Waals surface area (Å²) in [4.78, 5) is 19.2. The van der Waals surface area contributed by atoms with Crippen LogP contribution in [0.2, 0.25) is 0 Å². The molecular formula is C20H19N3O3. The van der Waals surface area contributed by atoms with E-state index in [2.05, 4.69) is 9.97 Å². The molecule has 0 unspecified atom stereocenters. The first-order valence-corrected chi connectivity index (χ1v) is 8.04. The number of nitrogens with zero attached hydrogens (tertiary/aromatic N) is 1. The molecule has 3 N–H and O–H groups in total. The zero-order valence-corrected chi connectivity index (χ0v) is 14.8. The smallest absolute Gasteiger partial charge is 0.337 e. The van der Waals surface area contributed by atoms with Crippen LogP contribution in [0.4, 0.5) is 0 Å². The molecule has 0 fully saturated rings. The molecule has 0 aliphatic carbocycles. The van der Waals surface area contributed by atoms with Crippen LogP contribution in [0.25, 0.3) is 27.7 Å². The highest BCUT2D eigenvalue weighted by Gasteiger charge is 2.13. The number of rotatable bonds is 4. The van der Waals surface area contributed by atoms with E-state index in [1.54, 1.807) is 32.2 Å². The van der Waals surface area contributed by atoms with Crippen LogP contribution in [-0.2, 0) is 4.74 Å². The second-order valence-corrected chi connectivity index (χ2v) is 5.98. The van der Waals surface area contributed by atoms with Gasteiger partial charge in [0.1, 0.15) is 0 Å². The van der Waals surface area contributed by atoms with Crippen molar-refractivity contribution in [3.8, 4) is 11.1 Å². The number of nitrogens with one attached hydrogen (secondary N) is 2. The number of methoxy groups -OCH3 is 1. The largest absolute Gasteiger partial charge is 0.512 e. The second kappa shape index (κ2) is 6.84. The Balaban J connectivity index is 2.04. The molecule has 0 aliphatic rings. The fourth-order valence-electron chi connectivity index (χ4n) is 2.96. The number of benzene rings is 1. The maximum atomic E-state index is 11.6. The van der Waals surface area contributed by atoms with Crippen molar-refractivity contribution in [2.24, 2.45) is 0 Å². The molecule has 6 nitrogen and oxygen atoms in total. The molecule has 1 aromatic carbocycles. The molecule has 3 aromatic rings. The average molecular weight is 349 g/mol. The maximum absolute atomic E-state index is 11.6. The summed E-state index contributed by atoms with van der Waals surface area (Å²) in [6.45, 7) is 3.18. The molecule has 0 atom stereocenters. The Hall–Kier alpha value is -3.41. The number of aromatic nitrogens is 2. The fourth-order valence-corrected chi connectivity index (χ4v) is 2.96. The molecule has 0 amide bonds. The summed E-state index contributed by atoms with van der Waals surface area (Å²) < 4.78 is 4.71. The van der Waals surface area contributed by atoms with Crippen molar-refractivity contribution in [2.75, 3.05) is 7.11 Å². The van der Waals surface area contributed by atoms with Gasteiger partial charge < -0.3 is 20.2 Å². The van der Waals surface area contributed by atoms with Crippen molar-refractivity contribution in [2.45, 2.75) is 13.8 Å². The van der Waals surface area contributed by atoms with Crippen molar-refractivity contribution >= 4 is 28.3 Å². The number of H-pyrrole nitrogens is 1. The lowest BCUT2D eigenvalue weighted by molar-refractivity contribution is 0.0600. The van der Waals surface area contributed by atoms with Crippen LogP contribution in [0.5, 0.6) is 0 Å². The van der Waals surface area contributed by atoms with Crippen molar-refractivity contribution in [1.82, 2.24) is 9.97 Å². The Morgan fingerprint density at radius 1 is 1.19 bits per heavy atom. The molecule has 0 aliphatic heterocycles. The predicted octanol–water partition coefficient (Wildman–Crippen LogP) is 4.35. The zero-order chi connectivity index (χ0) is 18.8. The van der Waals surface area contributed by atoms with Gasteiger partial charge >= 0.3 is 5.97 Å². The number of hydrogen-bond acceptors (Lipinski definition) is 5. The van der Waals surface area contributed by atoms with Crippen LogP contribution < -0.4 is 0 Å². The minimum absolute atomic E-state index is 0.0869. The number of pyridine rings is 1. The Kier molecular flexibility index (Phi) is 4.58. The molecule has 26 heavy (non-hydrogen) atoms. The van der Waals surface area contributed by atoms with E-state index in [1.165, 1.54) is 7.11 Å². The van der Waals surface area contributed by atoms with Crippen molar-refractivity contribution in [3.05, 3.63) is 59.6 Å². The maximum Gasteiger partial charge on any atom is 0.337 e. The van der Waals surface area contributed by atoms with Gasteiger partial charge in [-0.25, -0.2) is 4.79 Å². The standard InChI is InChI=1S/C20H19N3O3/c1-11(21)18(12(2)24)15-8-17-19(23-9-15)16(10-22-17)13-4-6-14(7-5-13)20(25)26-3/h4-10,21-22,24H,1-3H3/b18-12+,21-11?. The molecule has 0 spiro atoms. The molecule has 2 aromatic heterocycles. The molecular weight excluding hydrogens is 330 g/mol. The molecule has 3 rings (SSSR count). The Bertz CT molecular complexity index is 1030. The van der Waals surface area contributed by atoms with Gasteiger partial charge in [-0.1, -0.05) is 12.1 Å². The molecule has 0 saturated heterocycles. The Morgan fingerprint density at radius 2 is 1.88 bits per heavy atom. The summed E-state index contributed by atoms with van der Waals surface area (Å²) in [5, 5.41) is 17.7. The number of carbonyl (C=O) groups excluding carboxylic acids is 1. The third-order valence-electron chi connectivity index (χ3n) is 4.16. The zero-order valence-electron chi connectivity index (χ0n) is 14.8. The van der Waals surface area contributed by atoms with Gasteiger partial charge in [0.2, 0.25) is 0 Å². The van der Waals surface area contributed by atoms with Crippen LogP contribution in [0.15, 0.2) is 48.5 Å². The van der Waals surface area contributed by atoms with Crippen LogP contribution in [0.1, 0.15) is 29.8 Å². The van der Waals surface area contributed by atoms with E-state index in [0.717, 1.165) is 22.2 Å². The number of fused-ring (bicyclic) bond motifs is 1. The number of carbonyl (C=O) groups is 1. The molecule has 0 radical (unpaired) electrons. The minimum Gasteiger partial charge on any atom is -0.512 e. The summed E-state index contributed by atoms with van der Waals surface area (Å²) in [6.07, 6.45) is 3.50. The first-order valence-electron chi connectivity index (χ1n) is 8.04. The van der Waals surface area contributed by atoms with Gasteiger partial charge in [0.05, 0.1) is 29.5 Å². The molecule has 2 heterocycles. The Labute approximate surface area is 150 Å². The highest BCUT2D eigenvalue weighted by Crippen LogP contribution is 2.29. The van der Waals surface area contributed by atoms with E-state index in [9.17, 15) is 9.90 Å². The summed E-state index contributed by atoms with van der Waals surface area (Å²) in [7, 11) is 1.35. The quantitative estimate of drug-likeness (QED) is 0.370. The highest BCUT2D eigenvalue weighted by atomic mass is 16.5. The molecule has 132 valence electrons. The van der Waals surface area contributed by atoms with Crippen LogP contribution in [0, 0.1) is 5.41 Å². The predicted molar refractivity (Wildman–Crippen MR) is 101 cm³/mol. The SMILES string of the molecule is COC(=O)c1ccc(-c2c[nH]c3cc(/C(C(C)=N)=C(\C)O)cnc23)cc1. The van der Waals surface area contributed by atoms with Gasteiger partial charge in [-0.15, -0.1) is 0 Å². The van der Waals surface area contributed by atoms with E-state index in [4.69, 9.17) is 10.1 Å². The summed E-state index contributed by atoms with van der Waals surface area (Å²) in [5.74, 6) is -0.289. The van der Waals surface area contributed by atoms with Gasteiger partial charge in [-0.05, 0) is 37.6 Å². The van der Waals surface area contributed by atoms with E-state index in [0.29, 0.717) is 16.7 Å². The summed E-state index contributed by atoms with van der Waals surface area (Å²) >= 11 is 0. The first kappa shape index (κ1) is 17.4. The number of hydrogen-bond donors (Lipinski definition) is 3. The van der Waals surface area contributed by atoms with E-state index < -0.39 is 0 Å². The highest BCUT2D eigenvalue weighted by molar-refractivity contribution is 6.22. The summed E-state index contributed by atoms with van der Waals surface area (Å²) in [6, 6.07) is 8.97. The van der Waals surface area contributed by atoms with Gasteiger partial charge in [-0.3, -0.25) is 4.98 Å². The molecule has 6 heteroatoms. The van der Waals surface area contributed by atoms with Crippen molar-refractivity contribution < 1.29 is 14.6 Å². The molecule has 0 saturated carbocycles. The van der Waals surface area contributed by atoms with Crippen molar-refractivity contribution in [1.29, 1.82) is 5.41 Å². The third-order valence-corrected chi connectivity index (χ3v) is 4.16. The fraction of sp³-hybridized carbons (Fsp3) is 0.150. The molecule has 0 bridgehead atoms. The van der Waals surface area contributed by atoms with Crippen LogP contribution in [0.3, 0.4) is 0 Å². The second-order valence-electron chi connectivity index (χ2n) is 5.98. The first-order chi connectivity index (χ1) is 12.4. The number of esters is 1. The number of ether oxygens (including phenoxy) is 1. The number of allylic oxidation sites excluding steroid dienone is 2. The van der Waals surface area contributed by atoms with Gasteiger partial charge in [0.25, 0.3) is 0 Å². The lowest BCUT2D eigenvalue weighted by Crippen LogP contribution is -2.00. The number of aromatic amines is 1. The third kappa shape index (κ3) is 3.09. The number of aliphatic hydroxyl groups is 1. The van der Waals surface area contributed by atoms with Gasteiger partial charge in [0, 0.05) is 34.8 Å². The van der Waals surface area contributed by atoms with E-state index in [1.807, 2.05) is 24.4 Å². The average Bonchev–Trinajstić information content (AvgIpc) is 3.04.